The van der Waals surface area contributed by atoms with Gasteiger partial charge in [0.1, 0.15) is 17.7 Å². The summed E-state index contributed by atoms with van der Waals surface area (Å²) in [7, 11) is 2.79. The lowest BCUT2D eigenvalue weighted by atomic mass is 9.88. The number of imidazole rings is 2. The van der Waals surface area contributed by atoms with Gasteiger partial charge in [-0.05, 0) is 97.2 Å². The number of nitrogens with zero attached hydrogens (tertiary/aromatic N) is 4. The van der Waals surface area contributed by atoms with Crippen LogP contribution in [0.1, 0.15) is 74.6 Å². The monoisotopic (exact) mass is 772 g/mol. The average molecular weight is 773 g/mol. The van der Waals surface area contributed by atoms with Crippen LogP contribution >= 0.6 is 0 Å². The van der Waals surface area contributed by atoms with E-state index >= 15 is 0 Å². The summed E-state index contributed by atoms with van der Waals surface area (Å²) in [4.78, 5) is 57.5. The van der Waals surface area contributed by atoms with Crippen LogP contribution in [-0.4, -0.2) is 87.7 Å². The predicted molar refractivity (Wildman–Crippen MR) is 217 cm³/mol. The van der Waals surface area contributed by atoms with Crippen molar-refractivity contribution in [3.8, 4) is 33.6 Å². The van der Waals surface area contributed by atoms with Crippen molar-refractivity contribution in [1.82, 2.24) is 40.5 Å². The number of ether oxygens (including phenoxy) is 2. The van der Waals surface area contributed by atoms with E-state index in [9.17, 15) is 14.4 Å². The van der Waals surface area contributed by atoms with E-state index in [0.29, 0.717) is 25.4 Å². The molecule has 57 heavy (non-hydrogen) atoms. The molecule has 2 bridgehead atoms. The van der Waals surface area contributed by atoms with Crippen molar-refractivity contribution in [3.05, 3.63) is 103 Å². The highest BCUT2D eigenvalue weighted by Crippen LogP contribution is 2.52. The number of pyridine rings is 1. The summed E-state index contributed by atoms with van der Waals surface area (Å²) < 4.78 is 10.1. The van der Waals surface area contributed by atoms with Crippen molar-refractivity contribution in [3.63, 3.8) is 0 Å². The quantitative estimate of drug-likeness (QED) is 0.0747. The molecule has 2 saturated carbocycles. The number of hydrogen-bond donors (Lipinski definition) is 4. The Bertz CT molecular complexity index is 2080. The van der Waals surface area contributed by atoms with Gasteiger partial charge in [0.05, 0.1) is 43.0 Å². The molecular formula is C44H52N8O5. The Morgan fingerprint density at radius 1 is 0.860 bits per heavy atom. The van der Waals surface area contributed by atoms with E-state index in [1.165, 1.54) is 45.5 Å². The zero-order valence-corrected chi connectivity index (χ0v) is 32.8. The maximum absolute atomic E-state index is 13.5. The minimum Gasteiger partial charge on any atom is -0.453 e. The van der Waals surface area contributed by atoms with E-state index in [1.807, 2.05) is 24.5 Å². The molecule has 0 radical (unpaired) electrons. The Labute approximate surface area is 333 Å². The number of nitrogens with one attached hydrogen (secondary N) is 4. The number of carbonyl (C=O) groups excluding carboxylic acids is 3. The number of methoxy groups -OCH3 is 2. The zero-order valence-electron chi connectivity index (χ0n) is 32.8. The first kappa shape index (κ1) is 39.4. The Kier molecular flexibility index (Phi) is 12.7. The summed E-state index contributed by atoms with van der Waals surface area (Å²) in [6, 6.07) is 19.9. The molecule has 6 unspecified atom stereocenters. The molecule has 3 fully saturated rings. The Morgan fingerprint density at radius 2 is 1.49 bits per heavy atom. The molecule has 2 aliphatic carbocycles. The number of likely N-dealkylation sites (tertiary alicyclic amines) is 1. The summed E-state index contributed by atoms with van der Waals surface area (Å²) in [5, 5.41) is 5.23. The normalized spacial score (nSPS) is 20.6. The summed E-state index contributed by atoms with van der Waals surface area (Å²) in [6.45, 7) is 3.01. The topological polar surface area (TPSA) is 167 Å². The van der Waals surface area contributed by atoms with Gasteiger partial charge in [-0.1, -0.05) is 55.0 Å². The number of hydrogen-bond acceptors (Lipinski definition) is 8. The van der Waals surface area contributed by atoms with Gasteiger partial charge in [0.25, 0.3) is 0 Å². The van der Waals surface area contributed by atoms with E-state index in [-0.39, 0.29) is 11.9 Å². The molecule has 1 saturated heterocycles. The number of alkyl carbamates (subject to hydrolysis) is 1. The second-order valence-electron chi connectivity index (χ2n) is 15.2. The SMILES string of the molecule is COC(=O)NC(C(=O)N1CCCC1c1ncc(-c2ccc(-c3ccc(-c4cnc(C5CC6CCC5C6)[nH]4)cc3)cc2)[nH]1)C(C)OC.O=CNCCc1ccncc1. The molecule has 3 amide bonds. The van der Waals surface area contributed by atoms with Gasteiger partial charge in [0.2, 0.25) is 12.3 Å². The lowest BCUT2D eigenvalue weighted by molar-refractivity contribution is -0.137. The lowest BCUT2D eigenvalue weighted by Gasteiger charge is -2.30. The van der Waals surface area contributed by atoms with Gasteiger partial charge < -0.3 is 35.0 Å². The van der Waals surface area contributed by atoms with Gasteiger partial charge in [-0.15, -0.1) is 0 Å². The number of fused-ring (bicyclic) bond motifs is 2. The van der Waals surface area contributed by atoms with E-state index < -0.39 is 18.2 Å². The summed E-state index contributed by atoms with van der Waals surface area (Å²) >= 11 is 0. The molecule has 298 valence electrons. The van der Waals surface area contributed by atoms with Gasteiger partial charge in [-0.3, -0.25) is 14.6 Å². The van der Waals surface area contributed by atoms with E-state index in [0.717, 1.165) is 76.4 Å². The van der Waals surface area contributed by atoms with E-state index in [4.69, 9.17) is 14.5 Å². The highest BCUT2D eigenvalue weighted by atomic mass is 16.5. The van der Waals surface area contributed by atoms with Crippen molar-refractivity contribution in [1.29, 1.82) is 0 Å². The number of aromatic nitrogens is 5. The van der Waals surface area contributed by atoms with E-state index in [2.05, 4.69) is 79.1 Å². The molecule has 13 heteroatoms. The maximum Gasteiger partial charge on any atom is 0.407 e. The van der Waals surface area contributed by atoms with Crippen LogP contribution in [0.15, 0.2) is 85.5 Å². The smallest absolute Gasteiger partial charge is 0.407 e. The molecule has 6 atom stereocenters. The van der Waals surface area contributed by atoms with Crippen molar-refractivity contribution < 1.29 is 23.9 Å². The van der Waals surface area contributed by atoms with Gasteiger partial charge in [-0.2, -0.15) is 0 Å². The lowest BCUT2D eigenvalue weighted by Crippen LogP contribution is -2.54. The number of benzene rings is 2. The second kappa shape index (κ2) is 18.4. The predicted octanol–water partition coefficient (Wildman–Crippen LogP) is 6.83. The molecule has 3 aromatic heterocycles. The Hall–Kier alpha value is -5.82. The first-order valence-electron chi connectivity index (χ1n) is 19.9. The molecule has 0 spiro atoms. The first-order valence-corrected chi connectivity index (χ1v) is 19.9. The van der Waals surface area contributed by atoms with Gasteiger partial charge in [0.15, 0.2) is 0 Å². The fourth-order valence-electron chi connectivity index (χ4n) is 8.61. The van der Waals surface area contributed by atoms with Crippen molar-refractivity contribution in [2.45, 2.75) is 76.0 Å². The third-order valence-corrected chi connectivity index (χ3v) is 11.8. The number of aromatic amines is 2. The van der Waals surface area contributed by atoms with Crippen LogP contribution in [0.2, 0.25) is 0 Å². The fraction of sp³-hybridized carbons (Fsp3) is 0.409. The van der Waals surface area contributed by atoms with Crippen LogP contribution in [-0.2, 0) is 25.5 Å². The molecule has 1 aliphatic heterocycles. The van der Waals surface area contributed by atoms with Crippen LogP contribution in [0, 0.1) is 11.8 Å². The molecule has 2 aromatic carbocycles. The van der Waals surface area contributed by atoms with Gasteiger partial charge >= 0.3 is 6.09 Å². The minimum absolute atomic E-state index is 0.218. The fourth-order valence-corrected chi connectivity index (χ4v) is 8.61. The number of amides is 3. The molecule has 8 rings (SSSR count). The maximum atomic E-state index is 13.5. The number of rotatable bonds is 13. The van der Waals surface area contributed by atoms with Crippen molar-refractivity contribution in [2.24, 2.45) is 11.8 Å². The summed E-state index contributed by atoms with van der Waals surface area (Å²) in [5.41, 5.74) is 7.60. The highest BCUT2D eigenvalue weighted by Gasteiger charge is 2.42. The number of H-pyrrole nitrogens is 2. The van der Waals surface area contributed by atoms with Gasteiger partial charge in [0, 0.05) is 38.5 Å². The molecule has 13 nitrogen and oxygen atoms in total. The molecule has 4 heterocycles. The summed E-state index contributed by atoms with van der Waals surface area (Å²) in [5.74, 6) is 3.98. The minimum atomic E-state index is -0.863. The molecule has 4 N–H and O–H groups in total. The summed E-state index contributed by atoms with van der Waals surface area (Å²) in [6.07, 6.45) is 14.7. The highest BCUT2D eigenvalue weighted by molar-refractivity contribution is 5.87. The largest absolute Gasteiger partial charge is 0.453 e. The molecular weight excluding hydrogens is 721 g/mol. The van der Waals surface area contributed by atoms with Crippen LogP contribution in [0.25, 0.3) is 33.6 Å². The van der Waals surface area contributed by atoms with Crippen LogP contribution < -0.4 is 10.6 Å². The van der Waals surface area contributed by atoms with Gasteiger partial charge in [-0.25, -0.2) is 14.8 Å². The van der Waals surface area contributed by atoms with E-state index in [1.54, 1.807) is 24.2 Å². The van der Waals surface area contributed by atoms with Crippen LogP contribution in [0.3, 0.4) is 0 Å². The van der Waals surface area contributed by atoms with Crippen LogP contribution in [0.5, 0.6) is 0 Å². The zero-order chi connectivity index (χ0) is 39.7. The third kappa shape index (κ3) is 9.26. The third-order valence-electron chi connectivity index (χ3n) is 11.8. The van der Waals surface area contributed by atoms with Crippen molar-refractivity contribution in [2.75, 3.05) is 27.3 Å². The molecule has 5 aromatic rings. The standard InChI is InChI=1S/C36H42N6O4.C8H10N2O/c1-21(45-2)32(41-36(44)46-3)35(43)42-16-4-5-31(42)34-38-20-30(40-34)26-14-10-24(11-15-26)23-8-12-25(13-9-23)29-19-37-33(39-29)28-18-22-6-7-27(28)17-22;11-7-10-6-3-8-1-4-9-5-2-8/h8-15,19-22,27-28,31-32H,4-7,16-18H2,1-3H3,(H,37,39)(H,38,40)(H,41,44);1-2,4-5,7H,3,6H2,(H,10,11). The average Bonchev–Trinajstić information content (AvgIpc) is 4.12. The van der Waals surface area contributed by atoms with Crippen molar-refractivity contribution >= 4 is 18.4 Å². The first-order chi connectivity index (χ1) is 27.8. The van der Waals surface area contributed by atoms with Crippen LogP contribution in [0.4, 0.5) is 4.79 Å². The molecule has 3 aliphatic rings. The Morgan fingerprint density at radius 3 is 2.07 bits per heavy atom. The Balaban J connectivity index is 0.000000391. The number of carbonyl (C=O) groups is 3. The second-order valence-corrected chi connectivity index (χ2v) is 15.2.